The second-order valence-electron chi connectivity index (χ2n) is 10.8. The summed E-state index contributed by atoms with van der Waals surface area (Å²) in [7, 11) is -8.46. The normalized spacial score (nSPS) is 26.6. The van der Waals surface area contributed by atoms with Gasteiger partial charge in [0.05, 0.1) is 36.2 Å². The van der Waals surface area contributed by atoms with Crippen LogP contribution >= 0.6 is 7.60 Å². The number of carbonyl (C=O) groups excluding carboxylic acids is 1. The Bertz CT molecular complexity index is 1420. The summed E-state index contributed by atoms with van der Waals surface area (Å²) < 4.78 is 61.3. The van der Waals surface area contributed by atoms with E-state index in [4.69, 9.17) is 28.7 Å². The van der Waals surface area contributed by atoms with E-state index in [0.29, 0.717) is 18.6 Å². The number of nitrogens with zero attached hydrogens (tertiary/aromatic N) is 1. The van der Waals surface area contributed by atoms with Gasteiger partial charge in [0.1, 0.15) is 11.9 Å². The number of amides is 1. The molecule has 1 amide bonds. The van der Waals surface area contributed by atoms with Crippen LogP contribution in [-0.2, 0) is 35.2 Å². The van der Waals surface area contributed by atoms with E-state index in [0.717, 1.165) is 5.56 Å². The van der Waals surface area contributed by atoms with Crippen molar-refractivity contribution in [3.05, 3.63) is 59.7 Å². The molecule has 0 saturated carbocycles. The van der Waals surface area contributed by atoms with E-state index in [1.165, 1.54) is 22.5 Å². The van der Waals surface area contributed by atoms with Crippen LogP contribution in [0, 0.1) is 5.92 Å². The molecule has 6 atom stereocenters. The highest BCUT2D eigenvalue weighted by molar-refractivity contribution is 7.89. The molecule has 2 saturated heterocycles. The maximum Gasteiger partial charge on any atom is 0.407 e. The first-order valence-corrected chi connectivity index (χ1v) is 16.9. The number of benzene rings is 2. The van der Waals surface area contributed by atoms with Gasteiger partial charge in [-0.05, 0) is 48.1 Å². The number of aliphatic hydroxyl groups is 1. The Kier molecular flexibility index (Phi) is 9.26. The minimum atomic E-state index is -4.41. The molecule has 230 valence electrons. The van der Waals surface area contributed by atoms with Crippen molar-refractivity contribution in [3.8, 4) is 5.75 Å². The highest BCUT2D eigenvalue weighted by Crippen LogP contribution is 2.38. The van der Waals surface area contributed by atoms with Crippen LogP contribution in [0.5, 0.6) is 5.75 Å². The van der Waals surface area contributed by atoms with Gasteiger partial charge in [-0.1, -0.05) is 37.3 Å². The molecule has 42 heavy (non-hydrogen) atoms. The van der Waals surface area contributed by atoms with Crippen molar-refractivity contribution >= 4 is 23.7 Å². The molecule has 0 radical (unpaired) electrons. The second-order valence-corrected chi connectivity index (χ2v) is 14.3. The van der Waals surface area contributed by atoms with Gasteiger partial charge < -0.3 is 39.2 Å². The predicted octanol–water partition coefficient (Wildman–Crippen LogP) is 1.77. The van der Waals surface area contributed by atoms with E-state index >= 15 is 0 Å². The minimum Gasteiger partial charge on any atom is -0.481 e. The molecule has 15 heteroatoms. The molecule has 3 heterocycles. The number of alkyl carbamates (subject to hydrolysis) is 1. The van der Waals surface area contributed by atoms with Crippen molar-refractivity contribution in [2.75, 3.05) is 32.7 Å². The lowest BCUT2D eigenvalue weighted by molar-refractivity contribution is -0.0907. The topological polar surface area (TPSA) is 181 Å². The number of rotatable bonds is 10. The Morgan fingerprint density at radius 3 is 2.69 bits per heavy atom. The first-order valence-electron chi connectivity index (χ1n) is 13.6. The number of sulfonamides is 1. The fraction of sp³-hybridized carbons (Fsp3) is 0.519. The summed E-state index contributed by atoms with van der Waals surface area (Å²) in [6, 6.07) is 12.5. The molecule has 5 rings (SSSR count). The van der Waals surface area contributed by atoms with Gasteiger partial charge in [-0.15, -0.1) is 0 Å². The summed E-state index contributed by atoms with van der Waals surface area (Å²) in [5.41, 5.74) is 1.28. The van der Waals surface area contributed by atoms with Crippen molar-refractivity contribution in [1.82, 2.24) is 9.62 Å². The molecule has 0 spiro atoms. The molecule has 0 bridgehead atoms. The molecule has 1 unspecified atom stereocenters. The average Bonchev–Trinajstić information content (AvgIpc) is 3.55. The predicted molar refractivity (Wildman–Crippen MR) is 148 cm³/mol. The van der Waals surface area contributed by atoms with Crippen LogP contribution in [-0.4, -0.2) is 90.9 Å². The summed E-state index contributed by atoms with van der Waals surface area (Å²) in [4.78, 5) is 31.1. The molecular weight excluding hydrogens is 591 g/mol. The van der Waals surface area contributed by atoms with Crippen molar-refractivity contribution < 1.29 is 51.6 Å². The Morgan fingerprint density at radius 2 is 1.95 bits per heavy atom. The number of hydrogen-bond donors (Lipinski definition) is 4. The maximum atomic E-state index is 13.6. The third kappa shape index (κ3) is 7.14. The molecule has 13 nitrogen and oxygen atoms in total. The molecule has 2 aromatic rings. The van der Waals surface area contributed by atoms with Gasteiger partial charge >= 0.3 is 13.7 Å². The van der Waals surface area contributed by atoms with Crippen LogP contribution in [0.1, 0.15) is 30.4 Å². The van der Waals surface area contributed by atoms with E-state index in [1.54, 1.807) is 6.92 Å². The summed E-state index contributed by atoms with van der Waals surface area (Å²) in [5, 5.41) is 14.1. The number of hydrogen-bond acceptors (Lipinski definition) is 9. The van der Waals surface area contributed by atoms with Gasteiger partial charge in [0.15, 0.2) is 12.6 Å². The molecule has 3 aliphatic rings. The lowest BCUT2D eigenvalue weighted by Crippen LogP contribution is -2.52. The van der Waals surface area contributed by atoms with E-state index in [9.17, 15) is 22.9 Å². The summed E-state index contributed by atoms with van der Waals surface area (Å²) in [6.45, 7) is 2.30. The summed E-state index contributed by atoms with van der Waals surface area (Å²) in [5.74, 6) is -0.235. The lowest BCUT2D eigenvalue weighted by atomic mass is 9.99. The Labute approximate surface area is 243 Å². The Balaban J connectivity index is 1.30. The quantitative estimate of drug-likeness (QED) is 0.282. The zero-order chi connectivity index (χ0) is 30.1. The number of aliphatic hydroxyl groups excluding tert-OH is 1. The number of fused-ring (bicyclic) bond motifs is 2. The van der Waals surface area contributed by atoms with Crippen molar-refractivity contribution in [2.45, 2.75) is 55.1 Å². The van der Waals surface area contributed by atoms with Crippen LogP contribution < -0.4 is 10.1 Å². The number of β-amino-alcohol motifs (C(OH)–C–C–N with tert-alkyl or cyclic N) is 1. The molecular formula is C27H35N2O11PS. The second kappa shape index (κ2) is 12.6. The first-order chi connectivity index (χ1) is 19.9. The number of carbonyl (C=O) groups is 1. The molecule has 4 N–H and O–H groups in total. The Hall–Kier alpha value is -2.55. The van der Waals surface area contributed by atoms with Crippen LogP contribution in [0.3, 0.4) is 0 Å². The van der Waals surface area contributed by atoms with E-state index in [2.05, 4.69) is 5.32 Å². The summed E-state index contributed by atoms with van der Waals surface area (Å²) in [6.07, 6.45) is -2.78. The zero-order valence-electron chi connectivity index (χ0n) is 22.9. The van der Waals surface area contributed by atoms with Gasteiger partial charge in [-0.2, -0.15) is 4.31 Å². The molecule has 2 fully saturated rings. The Morgan fingerprint density at radius 1 is 1.19 bits per heavy atom. The summed E-state index contributed by atoms with van der Waals surface area (Å²) >= 11 is 0. The molecule has 0 aromatic heterocycles. The van der Waals surface area contributed by atoms with Crippen LogP contribution in [0.4, 0.5) is 4.79 Å². The first kappa shape index (κ1) is 30.9. The van der Waals surface area contributed by atoms with Crippen LogP contribution in [0.15, 0.2) is 53.4 Å². The van der Waals surface area contributed by atoms with Gasteiger partial charge in [0.2, 0.25) is 10.0 Å². The average molecular weight is 627 g/mol. The standard InChI is InChI=1S/C27H35N2O11PS/c1-17-13-29(42(35,36)25-8-7-19(12-21(17)25)39-16-41(32,33)34)14-23(30)22(11-18-5-3-2-4-6-18)28-27(31)40-24-15-38-26-20(24)9-10-37-26/h2-8,12,17,20,22-24,26,30H,9-11,13-16H2,1H3,(H,28,31)(H2,32,33,34)/t17?,20-,22-,23+,24-,26+/m0/s1. The minimum absolute atomic E-state index is 0.0125. The fourth-order valence-electron chi connectivity index (χ4n) is 5.57. The number of nitrogens with one attached hydrogen (secondary N) is 1. The largest absolute Gasteiger partial charge is 0.481 e. The van der Waals surface area contributed by atoms with Gasteiger partial charge in [0.25, 0.3) is 0 Å². The van der Waals surface area contributed by atoms with E-state index in [-0.39, 0.29) is 48.6 Å². The highest BCUT2D eigenvalue weighted by atomic mass is 32.2. The van der Waals surface area contributed by atoms with Crippen molar-refractivity contribution in [3.63, 3.8) is 0 Å². The molecule has 3 aliphatic heterocycles. The highest BCUT2D eigenvalue weighted by Gasteiger charge is 2.44. The lowest BCUT2D eigenvalue weighted by Gasteiger charge is -2.35. The monoisotopic (exact) mass is 626 g/mol. The van der Waals surface area contributed by atoms with Crippen molar-refractivity contribution in [2.24, 2.45) is 5.92 Å². The van der Waals surface area contributed by atoms with Crippen LogP contribution in [0.25, 0.3) is 0 Å². The molecule has 0 aliphatic carbocycles. The SMILES string of the molecule is CC1CN(C[C@@H](O)[C@H](Cc2ccccc2)NC(=O)O[C@H]2CO[C@H]3OCC[C@H]32)S(=O)(=O)c2ccc(OCP(=O)(O)O)cc21. The number of ether oxygens (including phenoxy) is 4. The van der Waals surface area contributed by atoms with Gasteiger partial charge in [0, 0.05) is 13.1 Å². The smallest absolute Gasteiger partial charge is 0.407 e. The van der Waals surface area contributed by atoms with E-state index < -0.39 is 54.6 Å². The zero-order valence-corrected chi connectivity index (χ0v) is 24.7. The van der Waals surface area contributed by atoms with Crippen molar-refractivity contribution in [1.29, 1.82) is 0 Å². The third-order valence-corrected chi connectivity index (χ3v) is 10.1. The third-order valence-electron chi connectivity index (χ3n) is 7.71. The fourth-order valence-corrected chi connectivity index (χ4v) is 7.73. The van der Waals surface area contributed by atoms with E-state index in [1.807, 2.05) is 30.3 Å². The van der Waals surface area contributed by atoms with Crippen LogP contribution in [0.2, 0.25) is 0 Å². The van der Waals surface area contributed by atoms with Gasteiger partial charge in [-0.3, -0.25) is 4.57 Å². The maximum absolute atomic E-state index is 13.6. The van der Waals surface area contributed by atoms with Gasteiger partial charge in [-0.25, -0.2) is 13.2 Å². The molecule has 2 aromatic carbocycles.